The van der Waals surface area contributed by atoms with Crippen molar-refractivity contribution in [3.8, 4) is 0 Å². The van der Waals surface area contributed by atoms with Crippen LogP contribution in [-0.4, -0.2) is 73.7 Å². The van der Waals surface area contributed by atoms with E-state index >= 15 is 0 Å². The summed E-state index contributed by atoms with van der Waals surface area (Å²) in [4.78, 5) is 16.8. The zero-order chi connectivity index (χ0) is 18.7. The molecule has 0 N–H and O–H groups in total. The van der Waals surface area contributed by atoms with Gasteiger partial charge in [0.2, 0.25) is 5.91 Å². The highest BCUT2D eigenvalue weighted by atomic mass is 35.5. The van der Waals surface area contributed by atoms with Crippen molar-refractivity contribution >= 4 is 38.9 Å². The first-order valence-electron chi connectivity index (χ1n) is 9.19. The molecule has 1 amide bonds. The van der Waals surface area contributed by atoms with Crippen molar-refractivity contribution in [2.24, 2.45) is 0 Å². The number of amides is 1. The number of halogens is 1. The quantitative estimate of drug-likeness (QED) is 0.735. The number of hydrogen-bond acceptors (Lipinski definition) is 5. The summed E-state index contributed by atoms with van der Waals surface area (Å²) >= 11 is 6.95. The molecule has 9 heteroatoms. The molecule has 0 spiro atoms. The van der Waals surface area contributed by atoms with Crippen LogP contribution in [0.5, 0.6) is 0 Å². The summed E-state index contributed by atoms with van der Waals surface area (Å²) < 4.78 is 27.5. The number of thiophene rings is 1. The minimum Gasteiger partial charge on any atom is -0.339 e. The fourth-order valence-electron chi connectivity index (χ4n) is 3.73. The lowest BCUT2D eigenvalue weighted by atomic mass is 10.00. The molecule has 6 nitrogen and oxygen atoms in total. The Labute approximate surface area is 164 Å². The van der Waals surface area contributed by atoms with Crippen LogP contribution < -0.4 is 0 Å². The Bertz CT molecular complexity index is 729. The van der Waals surface area contributed by atoms with Crippen molar-refractivity contribution < 1.29 is 13.2 Å². The first-order valence-corrected chi connectivity index (χ1v) is 11.8. The lowest BCUT2D eigenvalue weighted by molar-refractivity contribution is -0.136. The Kier molecular flexibility index (Phi) is 6.61. The molecule has 1 unspecified atom stereocenters. The van der Waals surface area contributed by atoms with E-state index in [0.29, 0.717) is 43.1 Å². The number of carbonyl (C=O) groups is 1. The van der Waals surface area contributed by atoms with Gasteiger partial charge in [0.1, 0.15) is 4.21 Å². The number of nitrogens with zero attached hydrogens (tertiary/aromatic N) is 3. The van der Waals surface area contributed by atoms with Gasteiger partial charge >= 0.3 is 0 Å². The lowest BCUT2D eigenvalue weighted by Gasteiger charge is -2.38. The van der Waals surface area contributed by atoms with Gasteiger partial charge in [-0.3, -0.25) is 9.69 Å². The second-order valence-corrected chi connectivity index (χ2v) is 10.8. The molecule has 26 heavy (non-hydrogen) atoms. The number of likely N-dealkylation sites (tertiary alicyclic amines) is 1. The average molecular weight is 420 g/mol. The predicted octanol–water partition coefficient (Wildman–Crippen LogP) is 2.50. The molecule has 1 atom stereocenters. The summed E-state index contributed by atoms with van der Waals surface area (Å²) in [7, 11) is -3.48. The minimum absolute atomic E-state index is 0.179. The first kappa shape index (κ1) is 20.1. The standard InChI is InChI=1S/C17H26ClN3O3S2/c1-2-14-5-3-4-8-21(14)16(22)13-19-9-11-20(12-10-19)26(23,24)17-7-6-15(18)25-17/h6-7,14H,2-5,8-13H2,1H3. The number of rotatable bonds is 5. The molecule has 3 heterocycles. The Morgan fingerprint density at radius 2 is 1.92 bits per heavy atom. The molecule has 2 aliphatic rings. The van der Waals surface area contributed by atoms with E-state index < -0.39 is 10.0 Å². The molecule has 2 saturated heterocycles. The molecule has 0 aromatic carbocycles. The molecular weight excluding hydrogens is 394 g/mol. The van der Waals surface area contributed by atoms with Crippen LogP contribution in [0.25, 0.3) is 0 Å². The average Bonchev–Trinajstić information content (AvgIpc) is 3.09. The second kappa shape index (κ2) is 8.56. The van der Waals surface area contributed by atoms with Gasteiger partial charge in [0.25, 0.3) is 10.0 Å². The van der Waals surface area contributed by atoms with Gasteiger partial charge in [0.05, 0.1) is 10.9 Å². The number of piperidine rings is 1. The maximum absolute atomic E-state index is 12.7. The fourth-order valence-corrected chi connectivity index (χ4v) is 6.79. The topological polar surface area (TPSA) is 60.9 Å². The number of piperazine rings is 1. The van der Waals surface area contributed by atoms with Crippen molar-refractivity contribution in [3.05, 3.63) is 16.5 Å². The summed E-state index contributed by atoms with van der Waals surface area (Å²) in [6, 6.07) is 3.53. The van der Waals surface area contributed by atoms with Gasteiger partial charge in [-0.2, -0.15) is 4.31 Å². The van der Waals surface area contributed by atoms with Crippen LogP contribution in [0.2, 0.25) is 4.34 Å². The smallest absolute Gasteiger partial charge is 0.252 e. The normalized spacial score (nSPS) is 23.3. The molecule has 2 fully saturated rings. The van der Waals surface area contributed by atoms with Crippen LogP contribution in [-0.2, 0) is 14.8 Å². The van der Waals surface area contributed by atoms with Gasteiger partial charge in [0, 0.05) is 38.8 Å². The van der Waals surface area contributed by atoms with E-state index in [1.165, 1.54) is 10.7 Å². The zero-order valence-corrected chi connectivity index (χ0v) is 17.5. The van der Waals surface area contributed by atoms with Crippen molar-refractivity contribution in [3.63, 3.8) is 0 Å². The SMILES string of the molecule is CCC1CCCCN1C(=O)CN1CCN(S(=O)(=O)c2ccc(Cl)s2)CC1. The van der Waals surface area contributed by atoms with E-state index in [0.717, 1.165) is 37.1 Å². The van der Waals surface area contributed by atoms with Crippen LogP contribution in [0.4, 0.5) is 0 Å². The van der Waals surface area contributed by atoms with Crippen molar-refractivity contribution in [1.82, 2.24) is 14.1 Å². The van der Waals surface area contributed by atoms with Crippen LogP contribution in [0.15, 0.2) is 16.3 Å². The summed E-state index contributed by atoms with van der Waals surface area (Å²) in [6.45, 7) is 5.34. The van der Waals surface area contributed by atoms with E-state index in [-0.39, 0.29) is 10.1 Å². The molecule has 2 aliphatic heterocycles. The Balaban J connectivity index is 1.54. The van der Waals surface area contributed by atoms with Gasteiger partial charge in [0.15, 0.2) is 0 Å². The maximum atomic E-state index is 12.7. The maximum Gasteiger partial charge on any atom is 0.252 e. The summed E-state index contributed by atoms with van der Waals surface area (Å²) in [5, 5.41) is 0. The first-order chi connectivity index (χ1) is 12.4. The van der Waals surface area contributed by atoms with Gasteiger partial charge < -0.3 is 4.90 Å². The molecule has 146 valence electrons. The largest absolute Gasteiger partial charge is 0.339 e. The van der Waals surface area contributed by atoms with Crippen molar-refractivity contribution in [2.45, 2.75) is 42.9 Å². The molecule has 1 aromatic rings. The highest BCUT2D eigenvalue weighted by Gasteiger charge is 2.32. The third-order valence-corrected chi connectivity index (χ3v) is 8.85. The van der Waals surface area contributed by atoms with Crippen molar-refractivity contribution in [2.75, 3.05) is 39.3 Å². The molecular formula is C17H26ClN3O3S2. The predicted molar refractivity (Wildman–Crippen MR) is 104 cm³/mol. The van der Waals surface area contributed by atoms with E-state index in [9.17, 15) is 13.2 Å². The van der Waals surface area contributed by atoms with E-state index in [1.54, 1.807) is 12.1 Å². The third kappa shape index (κ3) is 4.42. The fraction of sp³-hybridized carbons (Fsp3) is 0.706. The highest BCUT2D eigenvalue weighted by Crippen LogP contribution is 2.28. The van der Waals surface area contributed by atoms with E-state index in [1.807, 2.05) is 4.90 Å². The monoisotopic (exact) mass is 419 g/mol. The zero-order valence-electron chi connectivity index (χ0n) is 15.1. The highest BCUT2D eigenvalue weighted by molar-refractivity contribution is 7.91. The summed E-state index contributed by atoms with van der Waals surface area (Å²) in [6.07, 6.45) is 4.38. The Hall–Kier alpha value is -0.670. The minimum atomic E-state index is -3.48. The number of carbonyl (C=O) groups excluding carboxylic acids is 1. The third-order valence-electron chi connectivity index (χ3n) is 5.25. The van der Waals surface area contributed by atoms with Crippen molar-refractivity contribution in [1.29, 1.82) is 0 Å². The Morgan fingerprint density at radius 1 is 1.19 bits per heavy atom. The lowest BCUT2D eigenvalue weighted by Crippen LogP contribution is -2.53. The molecule has 0 aliphatic carbocycles. The Morgan fingerprint density at radius 3 is 2.54 bits per heavy atom. The molecule has 0 saturated carbocycles. The van der Waals surface area contributed by atoms with Crippen LogP contribution in [0, 0.1) is 0 Å². The van der Waals surface area contributed by atoms with Crippen LogP contribution in [0.1, 0.15) is 32.6 Å². The second-order valence-electron chi connectivity index (χ2n) is 6.88. The number of hydrogen-bond donors (Lipinski definition) is 0. The molecule has 1 aromatic heterocycles. The molecule has 0 radical (unpaired) electrons. The summed E-state index contributed by atoms with van der Waals surface area (Å²) in [5.74, 6) is 0.179. The van der Waals surface area contributed by atoms with E-state index in [2.05, 4.69) is 11.8 Å². The van der Waals surface area contributed by atoms with Gasteiger partial charge in [-0.15, -0.1) is 11.3 Å². The molecule has 3 rings (SSSR count). The number of sulfonamides is 1. The van der Waals surface area contributed by atoms with Gasteiger partial charge in [-0.25, -0.2) is 8.42 Å². The van der Waals surface area contributed by atoms with Crippen LogP contribution in [0.3, 0.4) is 0 Å². The van der Waals surface area contributed by atoms with Crippen LogP contribution >= 0.6 is 22.9 Å². The van der Waals surface area contributed by atoms with Gasteiger partial charge in [-0.05, 0) is 37.8 Å². The molecule has 0 bridgehead atoms. The summed E-state index contributed by atoms with van der Waals surface area (Å²) in [5.41, 5.74) is 0. The van der Waals surface area contributed by atoms with Gasteiger partial charge in [-0.1, -0.05) is 18.5 Å². The van der Waals surface area contributed by atoms with E-state index in [4.69, 9.17) is 11.6 Å².